The second kappa shape index (κ2) is 6.32. The summed E-state index contributed by atoms with van der Waals surface area (Å²) in [5, 5.41) is 0. The molecule has 1 unspecified atom stereocenters. The highest BCUT2D eigenvalue weighted by molar-refractivity contribution is 5.80. The summed E-state index contributed by atoms with van der Waals surface area (Å²) in [6.07, 6.45) is 1.25. The SMILES string of the molecule is O=[C]OC(Cc1ccccc1)c1cccc2c1-c1ccccc1C2. The largest absolute Gasteiger partial charge is 0.449 e. The van der Waals surface area contributed by atoms with Gasteiger partial charge in [0, 0.05) is 12.0 Å². The highest BCUT2D eigenvalue weighted by atomic mass is 16.5. The molecule has 0 aromatic heterocycles. The van der Waals surface area contributed by atoms with Gasteiger partial charge in [0.25, 0.3) is 0 Å². The number of benzene rings is 3. The van der Waals surface area contributed by atoms with Crippen molar-refractivity contribution in [2.75, 3.05) is 0 Å². The molecule has 0 bridgehead atoms. The molecule has 0 fully saturated rings. The summed E-state index contributed by atoms with van der Waals surface area (Å²) in [6.45, 7) is 1.65. The predicted octanol–water partition coefficient (Wildman–Crippen LogP) is 4.63. The van der Waals surface area contributed by atoms with E-state index in [-0.39, 0.29) is 6.10 Å². The summed E-state index contributed by atoms with van der Waals surface area (Å²) in [5.74, 6) is 0. The van der Waals surface area contributed by atoms with Crippen molar-refractivity contribution in [1.82, 2.24) is 0 Å². The monoisotopic (exact) mass is 313 g/mol. The smallest absolute Gasteiger partial charge is 0.418 e. The Hall–Kier alpha value is -2.87. The highest BCUT2D eigenvalue weighted by Crippen LogP contribution is 2.42. The van der Waals surface area contributed by atoms with Crippen molar-refractivity contribution < 1.29 is 9.53 Å². The molecule has 3 aromatic carbocycles. The van der Waals surface area contributed by atoms with Crippen LogP contribution in [0.4, 0.5) is 0 Å². The van der Waals surface area contributed by atoms with Gasteiger partial charge in [-0.3, -0.25) is 0 Å². The lowest BCUT2D eigenvalue weighted by Gasteiger charge is -2.19. The Bertz CT molecular complexity index is 868. The maximum absolute atomic E-state index is 11.0. The Morgan fingerprint density at radius 1 is 0.875 bits per heavy atom. The fourth-order valence-electron chi connectivity index (χ4n) is 3.59. The fraction of sp³-hybridized carbons (Fsp3) is 0.136. The van der Waals surface area contributed by atoms with E-state index < -0.39 is 0 Å². The van der Waals surface area contributed by atoms with Gasteiger partial charge in [-0.05, 0) is 34.2 Å². The molecule has 0 saturated carbocycles. The molecule has 1 aliphatic rings. The summed E-state index contributed by atoms with van der Waals surface area (Å²) < 4.78 is 5.37. The van der Waals surface area contributed by atoms with E-state index in [1.54, 1.807) is 6.47 Å². The van der Waals surface area contributed by atoms with Crippen LogP contribution in [0.1, 0.15) is 28.4 Å². The average Bonchev–Trinajstić information content (AvgIpc) is 3.01. The van der Waals surface area contributed by atoms with E-state index in [1.807, 2.05) is 24.3 Å². The van der Waals surface area contributed by atoms with Crippen LogP contribution in [0.25, 0.3) is 11.1 Å². The van der Waals surface area contributed by atoms with Crippen molar-refractivity contribution in [2.24, 2.45) is 0 Å². The molecule has 0 heterocycles. The third kappa shape index (κ3) is 2.61. The van der Waals surface area contributed by atoms with Gasteiger partial charge in [0.2, 0.25) is 0 Å². The van der Waals surface area contributed by atoms with Crippen molar-refractivity contribution in [1.29, 1.82) is 0 Å². The molecule has 0 aliphatic heterocycles. The van der Waals surface area contributed by atoms with Gasteiger partial charge in [0.05, 0.1) is 0 Å². The number of rotatable bonds is 5. The lowest BCUT2D eigenvalue weighted by molar-refractivity contribution is 0.180. The van der Waals surface area contributed by atoms with Crippen LogP contribution in [0.5, 0.6) is 0 Å². The first-order valence-corrected chi connectivity index (χ1v) is 8.13. The van der Waals surface area contributed by atoms with Gasteiger partial charge in [-0.15, -0.1) is 0 Å². The van der Waals surface area contributed by atoms with Crippen LogP contribution in [0, 0.1) is 0 Å². The van der Waals surface area contributed by atoms with Crippen LogP contribution in [0.3, 0.4) is 0 Å². The molecular formula is C22H17O2. The van der Waals surface area contributed by atoms with E-state index in [0.29, 0.717) is 6.42 Å². The number of fused-ring (bicyclic) bond motifs is 3. The van der Waals surface area contributed by atoms with Crippen molar-refractivity contribution in [3.05, 3.63) is 95.1 Å². The lowest BCUT2D eigenvalue weighted by atomic mass is 9.92. The summed E-state index contributed by atoms with van der Waals surface area (Å²) in [6, 6.07) is 24.8. The van der Waals surface area contributed by atoms with Gasteiger partial charge in [-0.25, -0.2) is 4.79 Å². The van der Waals surface area contributed by atoms with Crippen LogP contribution in [-0.4, -0.2) is 6.47 Å². The molecule has 0 saturated heterocycles. The summed E-state index contributed by atoms with van der Waals surface area (Å²) in [5.41, 5.74) is 7.28. The Morgan fingerprint density at radius 2 is 1.62 bits per heavy atom. The van der Waals surface area contributed by atoms with Gasteiger partial charge in [0.1, 0.15) is 6.10 Å². The van der Waals surface area contributed by atoms with Crippen LogP contribution in [-0.2, 0) is 22.4 Å². The van der Waals surface area contributed by atoms with Crippen LogP contribution >= 0.6 is 0 Å². The van der Waals surface area contributed by atoms with Crippen LogP contribution in [0.2, 0.25) is 0 Å². The first-order valence-electron chi connectivity index (χ1n) is 8.13. The van der Waals surface area contributed by atoms with E-state index in [4.69, 9.17) is 4.74 Å². The standard InChI is InChI=1S/C22H17O2/c23-15-24-21(13-16-7-2-1-3-8-16)20-12-6-10-18-14-17-9-4-5-11-19(17)22(18)20/h1-12,21H,13-14H2. The normalized spacial score (nSPS) is 13.0. The molecule has 0 N–H and O–H groups in total. The second-order valence-corrected chi connectivity index (χ2v) is 6.09. The molecular weight excluding hydrogens is 296 g/mol. The maximum Gasteiger partial charge on any atom is 0.418 e. The molecule has 24 heavy (non-hydrogen) atoms. The zero-order valence-corrected chi connectivity index (χ0v) is 13.2. The molecule has 2 heteroatoms. The first kappa shape index (κ1) is 14.7. The minimum absolute atomic E-state index is 0.328. The van der Waals surface area contributed by atoms with Crippen molar-refractivity contribution >= 4 is 6.47 Å². The molecule has 117 valence electrons. The molecule has 0 amide bonds. The molecule has 0 spiro atoms. The highest BCUT2D eigenvalue weighted by Gasteiger charge is 2.25. The third-order valence-corrected chi connectivity index (χ3v) is 4.65. The molecule has 1 atom stereocenters. The molecule has 1 aliphatic carbocycles. The number of carbonyl (C=O) groups excluding carboxylic acids is 1. The van der Waals surface area contributed by atoms with Crippen molar-refractivity contribution in [3.8, 4) is 11.1 Å². The molecule has 1 radical (unpaired) electrons. The van der Waals surface area contributed by atoms with Gasteiger partial charge >= 0.3 is 6.47 Å². The van der Waals surface area contributed by atoms with Gasteiger partial charge in [0.15, 0.2) is 0 Å². The van der Waals surface area contributed by atoms with E-state index in [0.717, 1.165) is 17.5 Å². The summed E-state index contributed by atoms with van der Waals surface area (Å²) in [4.78, 5) is 11.0. The molecule has 4 rings (SSSR count). The van der Waals surface area contributed by atoms with Crippen molar-refractivity contribution in [3.63, 3.8) is 0 Å². The zero-order chi connectivity index (χ0) is 16.4. The van der Waals surface area contributed by atoms with Crippen LogP contribution in [0.15, 0.2) is 72.8 Å². The quantitative estimate of drug-likeness (QED) is 0.537. The predicted molar refractivity (Wildman–Crippen MR) is 94.3 cm³/mol. The Labute approximate surface area is 141 Å². The number of hydrogen-bond acceptors (Lipinski definition) is 2. The van der Waals surface area contributed by atoms with Crippen molar-refractivity contribution in [2.45, 2.75) is 18.9 Å². The van der Waals surface area contributed by atoms with Crippen LogP contribution < -0.4 is 0 Å². The molecule has 3 aromatic rings. The number of hydrogen-bond donors (Lipinski definition) is 0. The minimum Gasteiger partial charge on any atom is -0.449 e. The third-order valence-electron chi connectivity index (χ3n) is 4.65. The first-order chi connectivity index (χ1) is 11.9. The van der Waals surface area contributed by atoms with Gasteiger partial charge in [-0.2, -0.15) is 0 Å². The summed E-state index contributed by atoms with van der Waals surface area (Å²) in [7, 11) is 0. The zero-order valence-electron chi connectivity index (χ0n) is 13.2. The van der Waals surface area contributed by atoms with E-state index >= 15 is 0 Å². The average molecular weight is 313 g/mol. The Balaban J connectivity index is 1.78. The lowest BCUT2D eigenvalue weighted by Crippen LogP contribution is -2.08. The second-order valence-electron chi connectivity index (χ2n) is 6.09. The van der Waals surface area contributed by atoms with E-state index in [1.165, 1.54) is 22.3 Å². The topological polar surface area (TPSA) is 26.3 Å². The fourth-order valence-corrected chi connectivity index (χ4v) is 3.59. The Morgan fingerprint density at radius 3 is 2.46 bits per heavy atom. The minimum atomic E-state index is -0.328. The van der Waals surface area contributed by atoms with Gasteiger partial charge < -0.3 is 4.74 Å². The Kier molecular flexibility index (Phi) is 3.87. The number of ether oxygens (including phenoxy) is 1. The molecule has 2 nitrogen and oxygen atoms in total. The van der Waals surface area contributed by atoms with E-state index in [2.05, 4.69) is 48.5 Å². The van der Waals surface area contributed by atoms with Gasteiger partial charge in [-0.1, -0.05) is 72.8 Å². The summed E-state index contributed by atoms with van der Waals surface area (Å²) >= 11 is 0. The van der Waals surface area contributed by atoms with E-state index in [9.17, 15) is 4.79 Å². The maximum atomic E-state index is 11.0.